The van der Waals surface area contributed by atoms with E-state index < -0.39 is 0 Å². The number of pyridine rings is 1. The number of aliphatic hydroxyl groups excluding tert-OH is 1. The molecule has 3 aromatic rings. The minimum absolute atomic E-state index is 0.0315. The molecule has 1 atom stereocenters. The van der Waals surface area contributed by atoms with Crippen molar-refractivity contribution in [1.82, 2.24) is 15.0 Å². The number of aromatic nitrogens is 3. The van der Waals surface area contributed by atoms with E-state index in [1.807, 2.05) is 49.4 Å². The van der Waals surface area contributed by atoms with E-state index in [0.717, 1.165) is 22.6 Å². The van der Waals surface area contributed by atoms with Gasteiger partial charge in [0.05, 0.1) is 12.3 Å². The van der Waals surface area contributed by atoms with E-state index in [9.17, 15) is 9.90 Å². The Morgan fingerprint density at radius 1 is 1.07 bits per heavy atom. The van der Waals surface area contributed by atoms with Crippen molar-refractivity contribution < 1.29 is 9.90 Å². The summed E-state index contributed by atoms with van der Waals surface area (Å²) in [6, 6.07) is 12.7. The molecule has 0 aliphatic heterocycles. The molecule has 2 heterocycles. The van der Waals surface area contributed by atoms with Crippen LogP contribution < -0.4 is 16.0 Å². The summed E-state index contributed by atoms with van der Waals surface area (Å²) in [5, 5.41) is 18.4. The zero-order valence-electron chi connectivity index (χ0n) is 15.7. The summed E-state index contributed by atoms with van der Waals surface area (Å²) in [6.45, 7) is 3.28. The predicted octanol–water partition coefficient (Wildman–Crippen LogP) is 3.03. The topological polar surface area (TPSA) is 112 Å². The third-order valence-electron chi connectivity index (χ3n) is 3.83. The van der Waals surface area contributed by atoms with Crippen molar-refractivity contribution in [3.05, 3.63) is 54.9 Å². The van der Waals surface area contributed by atoms with Gasteiger partial charge in [0.1, 0.15) is 5.82 Å². The molecule has 144 valence electrons. The fourth-order valence-electron chi connectivity index (χ4n) is 2.50. The van der Waals surface area contributed by atoms with Crippen molar-refractivity contribution >= 4 is 29.0 Å². The van der Waals surface area contributed by atoms with Gasteiger partial charge in [-0.3, -0.25) is 9.78 Å². The molecular weight excluding hydrogens is 356 g/mol. The molecule has 4 N–H and O–H groups in total. The van der Waals surface area contributed by atoms with Crippen LogP contribution in [0.2, 0.25) is 0 Å². The van der Waals surface area contributed by atoms with Gasteiger partial charge in [0.15, 0.2) is 0 Å². The van der Waals surface area contributed by atoms with Crippen LogP contribution in [0.3, 0.4) is 0 Å². The number of hydrogen-bond acceptors (Lipinski definition) is 7. The molecule has 0 radical (unpaired) electrons. The Hall–Kier alpha value is -3.52. The minimum atomic E-state index is -0.183. The monoisotopic (exact) mass is 378 g/mol. The Morgan fingerprint density at radius 2 is 1.75 bits per heavy atom. The lowest BCUT2D eigenvalue weighted by Crippen LogP contribution is -2.21. The molecule has 2 aromatic heterocycles. The highest BCUT2D eigenvalue weighted by molar-refractivity contribution is 5.88. The third-order valence-corrected chi connectivity index (χ3v) is 3.83. The largest absolute Gasteiger partial charge is 0.394 e. The normalized spacial score (nSPS) is 11.5. The number of carbonyl (C=O) groups is 1. The molecule has 8 nitrogen and oxygen atoms in total. The molecule has 0 saturated carbocycles. The Balaban J connectivity index is 1.88. The van der Waals surface area contributed by atoms with Gasteiger partial charge in [-0.25, -0.2) is 4.98 Å². The quantitative estimate of drug-likeness (QED) is 0.500. The first-order valence-corrected chi connectivity index (χ1v) is 8.85. The number of aliphatic hydroxyl groups is 1. The number of nitrogens with one attached hydrogen (secondary N) is 3. The van der Waals surface area contributed by atoms with Crippen molar-refractivity contribution in [3.8, 4) is 11.3 Å². The second-order valence-corrected chi connectivity index (χ2v) is 6.31. The molecule has 0 unspecified atom stereocenters. The standard InChI is InChI=1S/C20H22N6O2/c1-13(12-27)22-20-25-18(15-7-9-21-10-8-15)11-19(26-20)24-17-5-3-16(4-6-17)23-14(2)28/h3-11,13,27H,12H2,1-2H3,(H,23,28)(H2,22,24,25,26)/t13-/m0/s1. The van der Waals surface area contributed by atoms with Gasteiger partial charge >= 0.3 is 0 Å². The third kappa shape index (κ3) is 5.24. The second kappa shape index (κ2) is 8.92. The van der Waals surface area contributed by atoms with Crippen LogP contribution in [0.15, 0.2) is 54.9 Å². The average molecular weight is 378 g/mol. The van der Waals surface area contributed by atoms with Gasteiger partial charge < -0.3 is 21.1 Å². The number of nitrogens with zero attached hydrogens (tertiary/aromatic N) is 3. The first-order chi connectivity index (χ1) is 13.5. The van der Waals surface area contributed by atoms with Gasteiger partial charge in [-0.15, -0.1) is 0 Å². The first kappa shape index (κ1) is 19.2. The Labute approximate surface area is 163 Å². The molecule has 0 aliphatic rings. The number of carbonyl (C=O) groups excluding carboxylic acids is 1. The van der Waals surface area contributed by atoms with Crippen molar-refractivity contribution in [1.29, 1.82) is 0 Å². The number of benzene rings is 1. The Kier molecular flexibility index (Phi) is 6.13. The highest BCUT2D eigenvalue weighted by atomic mass is 16.3. The smallest absolute Gasteiger partial charge is 0.225 e. The Bertz CT molecular complexity index is 931. The van der Waals surface area contributed by atoms with E-state index in [-0.39, 0.29) is 18.6 Å². The van der Waals surface area contributed by atoms with Crippen LogP contribution in [0, 0.1) is 0 Å². The van der Waals surface area contributed by atoms with Gasteiger partial charge in [0.2, 0.25) is 11.9 Å². The van der Waals surface area contributed by atoms with E-state index in [4.69, 9.17) is 0 Å². The summed E-state index contributed by atoms with van der Waals surface area (Å²) in [7, 11) is 0. The molecule has 8 heteroatoms. The summed E-state index contributed by atoms with van der Waals surface area (Å²) >= 11 is 0. The molecule has 0 bridgehead atoms. The lowest BCUT2D eigenvalue weighted by atomic mass is 10.2. The van der Waals surface area contributed by atoms with Crippen LogP contribution >= 0.6 is 0 Å². The molecule has 0 fully saturated rings. The number of hydrogen-bond donors (Lipinski definition) is 4. The highest BCUT2D eigenvalue weighted by Crippen LogP contribution is 2.24. The predicted molar refractivity (Wildman–Crippen MR) is 109 cm³/mol. The molecule has 0 saturated heterocycles. The van der Waals surface area contributed by atoms with Gasteiger partial charge in [-0.05, 0) is 43.3 Å². The van der Waals surface area contributed by atoms with E-state index in [1.54, 1.807) is 12.4 Å². The van der Waals surface area contributed by atoms with E-state index in [1.165, 1.54) is 6.92 Å². The molecule has 0 aliphatic carbocycles. The van der Waals surface area contributed by atoms with Crippen LogP contribution in [0.5, 0.6) is 0 Å². The summed E-state index contributed by atoms with van der Waals surface area (Å²) in [5.41, 5.74) is 3.16. The number of rotatable bonds is 7. The van der Waals surface area contributed by atoms with Crippen LogP contribution in [0.1, 0.15) is 13.8 Å². The highest BCUT2D eigenvalue weighted by Gasteiger charge is 2.09. The Morgan fingerprint density at radius 3 is 2.39 bits per heavy atom. The zero-order chi connectivity index (χ0) is 19.9. The molecule has 1 aromatic carbocycles. The van der Waals surface area contributed by atoms with Gasteiger partial charge in [-0.2, -0.15) is 4.98 Å². The summed E-state index contributed by atoms with van der Waals surface area (Å²) in [4.78, 5) is 24.2. The second-order valence-electron chi connectivity index (χ2n) is 6.31. The summed E-state index contributed by atoms with van der Waals surface area (Å²) < 4.78 is 0. The summed E-state index contributed by atoms with van der Waals surface area (Å²) in [5.74, 6) is 0.891. The molecule has 28 heavy (non-hydrogen) atoms. The van der Waals surface area contributed by atoms with E-state index in [0.29, 0.717) is 11.8 Å². The van der Waals surface area contributed by atoms with Crippen LogP contribution in [-0.2, 0) is 4.79 Å². The maximum atomic E-state index is 11.1. The van der Waals surface area contributed by atoms with Crippen molar-refractivity contribution in [2.45, 2.75) is 19.9 Å². The van der Waals surface area contributed by atoms with Crippen LogP contribution in [-0.4, -0.2) is 38.6 Å². The molecule has 0 spiro atoms. The first-order valence-electron chi connectivity index (χ1n) is 8.85. The lowest BCUT2D eigenvalue weighted by Gasteiger charge is -2.14. The summed E-state index contributed by atoms with van der Waals surface area (Å²) in [6.07, 6.45) is 3.41. The fourth-order valence-corrected chi connectivity index (χ4v) is 2.50. The van der Waals surface area contributed by atoms with Crippen molar-refractivity contribution in [2.24, 2.45) is 0 Å². The van der Waals surface area contributed by atoms with E-state index >= 15 is 0 Å². The maximum Gasteiger partial charge on any atom is 0.225 e. The SMILES string of the molecule is CC(=O)Nc1ccc(Nc2cc(-c3ccncc3)nc(N[C@@H](C)CO)n2)cc1. The van der Waals surface area contributed by atoms with Gasteiger partial charge in [0.25, 0.3) is 0 Å². The van der Waals surface area contributed by atoms with Crippen LogP contribution in [0.4, 0.5) is 23.1 Å². The molecule has 1 amide bonds. The van der Waals surface area contributed by atoms with E-state index in [2.05, 4.69) is 30.9 Å². The number of amides is 1. The zero-order valence-corrected chi connectivity index (χ0v) is 15.7. The molecular formula is C20H22N6O2. The van der Waals surface area contributed by atoms with Gasteiger partial charge in [-0.1, -0.05) is 0 Å². The van der Waals surface area contributed by atoms with Crippen LogP contribution in [0.25, 0.3) is 11.3 Å². The van der Waals surface area contributed by atoms with Gasteiger partial charge in [0, 0.05) is 48.4 Å². The number of anilines is 4. The average Bonchev–Trinajstić information content (AvgIpc) is 2.69. The lowest BCUT2D eigenvalue weighted by molar-refractivity contribution is -0.114. The van der Waals surface area contributed by atoms with Crippen molar-refractivity contribution in [3.63, 3.8) is 0 Å². The molecule has 3 rings (SSSR count). The minimum Gasteiger partial charge on any atom is -0.394 e. The van der Waals surface area contributed by atoms with Crippen molar-refractivity contribution in [2.75, 3.05) is 22.6 Å². The maximum absolute atomic E-state index is 11.1. The fraction of sp³-hybridized carbons (Fsp3) is 0.200.